The highest BCUT2D eigenvalue weighted by atomic mass is 16.5. The molecule has 0 aromatic heterocycles. The molecule has 4 nitrogen and oxygen atoms in total. The Balaban J connectivity index is 2.78. The second kappa shape index (κ2) is 2.96. The summed E-state index contributed by atoms with van der Waals surface area (Å²) in [4.78, 5) is 0. The molecule has 2 N–H and O–H groups in total. The van der Waals surface area contributed by atoms with Crippen molar-refractivity contribution < 1.29 is 10.4 Å². The SMILES string of the molecule is C[C@@H]1[C@H](C)N(O)C(C)(C)CN1O. The van der Waals surface area contributed by atoms with Crippen molar-refractivity contribution >= 4 is 0 Å². The van der Waals surface area contributed by atoms with Crippen LogP contribution in [0.25, 0.3) is 0 Å². The van der Waals surface area contributed by atoms with E-state index < -0.39 is 0 Å². The molecule has 1 saturated heterocycles. The van der Waals surface area contributed by atoms with Gasteiger partial charge in [-0.15, -0.1) is 0 Å². The third kappa shape index (κ3) is 1.47. The first-order chi connectivity index (χ1) is 5.36. The number of hydroxylamine groups is 4. The first-order valence-corrected chi connectivity index (χ1v) is 4.30. The molecule has 0 spiro atoms. The van der Waals surface area contributed by atoms with E-state index in [1.807, 2.05) is 27.7 Å². The largest absolute Gasteiger partial charge is 0.314 e. The molecule has 1 aliphatic heterocycles. The summed E-state index contributed by atoms with van der Waals surface area (Å²) >= 11 is 0. The van der Waals surface area contributed by atoms with Crippen LogP contribution in [0, 0.1) is 0 Å². The highest BCUT2D eigenvalue weighted by Crippen LogP contribution is 2.25. The summed E-state index contributed by atoms with van der Waals surface area (Å²) in [6.07, 6.45) is 0. The van der Waals surface area contributed by atoms with Crippen molar-refractivity contribution in [2.45, 2.75) is 45.3 Å². The van der Waals surface area contributed by atoms with Crippen molar-refractivity contribution in [1.82, 2.24) is 10.1 Å². The van der Waals surface area contributed by atoms with Crippen molar-refractivity contribution in [1.29, 1.82) is 0 Å². The van der Waals surface area contributed by atoms with Crippen LogP contribution in [0.15, 0.2) is 0 Å². The molecule has 0 radical (unpaired) electrons. The van der Waals surface area contributed by atoms with Gasteiger partial charge in [0, 0.05) is 12.6 Å². The quantitative estimate of drug-likeness (QED) is 0.573. The van der Waals surface area contributed by atoms with Gasteiger partial charge in [0.2, 0.25) is 0 Å². The summed E-state index contributed by atoms with van der Waals surface area (Å²) in [5, 5.41) is 21.8. The third-order valence-corrected chi connectivity index (χ3v) is 2.72. The van der Waals surface area contributed by atoms with E-state index in [9.17, 15) is 10.4 Å². The Morgan fingerprint density at radius 1 is 1.17 bits per heavy atom. The normalized spacial score (nSPS) is 38.5. The van der Waals surface area contributed by atoms with Crippen LogP contribution in [0.1, 0.15) is 27.7 Å². The highest BCUT2D eigenvalue weighted by molar-refractivity contribution is 4.91. The molecule has 0 saturated carbocycles. The number of hydrogen-bond acceptors (Lipinski definition) is 4. The lowest BCUT2D eigenvalue weighted by atomic mass is 9.96. The summed E-state index contributed by atoms with van der Waals surface area (Å²) in [5.74, 6) is 0. The van der Waals surface area contributed by atoms with Gasteiger partial charge >= 0.3 is 0 Å². The zero-order valence-corrected chi connectivity index (χ0v) is 8.15. The van der Waals surface area contributed by atoms with Crippen molar-refractivity contribution in [3.05, 3.63) is 0 Å². The maximum Gasteiger partial charge on any atom is 0.0558 e. The van der Waals surface area contributed by atoms with E-state index in [0.717, 1.165) is 0 Å². The summed E-state index contributed by atoms with van der Waals surface area (Å²) in [6, 6.07) is -0.0678. The van der Waals surface area contributed by atoms with E-state index in [2.05, 4.69) is 0 Å². The fraction of sp³-hybridized carbons (Fsp3) is 1.00. The molecule has 72 valence electrons. The second-order valence-corrected chi connectivity index (χ2v) is 4.24. The van der Waals surface area contributed by atoms with Crippen LogP contribution >= 0.6 is 0 Å². The number of hydrogen-bond donors (Lipinski definition) is 2. The summed E-state index contributed by atoms with van der Waals surface area (Å²) in [7, 11) is 0. The Hall–Kier alpha value is -0.160. The fourth-order valence-electron chi connectivity index (χ4n) is 1.62. The predicted octanol–water partition coefficient (Wildman–Crippen LogP) is 0.938. The van der Waals surface area contributed by atoms with E-state index >= 15 is 0 Å². The minimum absolute atomic E-state index is 0.0250. The topological polar surface area (TPSA) is 46.9 Å². The van der Waals surface area contributed by atoms with Gasteiger partial charge in [-0.3, -0.25) is 0 Å². The van der Waals surface area contributed by atoms with Gasteiger partial charge in [-0.2, -0.15) is 10.1 Å². The summed E-state index contributed by atoms with van der Waals surface area (Å²) in [5.41, 5.74) is -0.374. The Labute approximate surface area is 73.3 Å². The average molecular weight is 174 g/mol. The van der Waals surface area contributed by atoms with Gasteiger partial charge < -0.3 is 10.4 Å². The molecule has 12 heavy (non-hydrogen) atoms. The molecule has 0 bridgehead atoms. The molecule has 0 aliphatic carbocycles. The molecular weight excluding hydrogens is 156 g/mol. The van der Waals surface area contributed by atoms with E-state index in [-0.39, 0.29) is 17.6 Å². The Bertz CT molecular complexity index is 172. The maximum absolute atomic E-state index is 9.69. The van der Waals surface area contributed by atoms with Crippen LogP contribution in [0.3, 0.4) is 0 Å². The minimum Gasteiger partial charge on any atom is -0.314 e. The monoisotopic (exact) mass is 174 g/mol. The molecule has 0 unspecified atom stereocenters. The van der Waals surface area contributed by atoms with Crippen LogP contribution in [0.4, 0.5) is 0 Å². The molecular formula is C8H18N2O2. The molecule has 4 heteroatoms. The zero-order chi connectivity index (χ0) is 9.52. The molecule has 1 fully saturated rings. The maximum atomic E-state index is 9.69. The van der Waals surface area contributed by atoms with Gasteiger partial charge in [-0.25, -0.2) is 0 Å². The van der Waals surface area contributed by atoms with E-state index in [4.69, 9.17) is 0 Å². The standard InChI is InChI=1S/C8H18N2O2/c1-6-7(2)10(12)8(3,4)5-9(6)11/h6-7,11-12H,5H2,1-4H3/t6-,7+/m1/s1. The summed E-state index contributed by atoms with van der Waals surface area (Å²) < 4.78 is 0. The van der Waals surface area contributed by atoms with Crippen molar-refractivity contribution in [3.8, 4) is 0 Å². The Kier molecular flexibility index (Phi) is 2.45. The predicted molar refractivity (Wildman–Crippen MR) is 45.1 cm³/mol. The average Bonchev–Trinajstić information content (AvgIpc) is 1.97. The molecule has 1 rings (SSSR count). The van der Waals surface area contributed by atoms with Crippen molar-refractivity contribution in [2.24, 2.45) is 0 Å². The molecule has 1 aliphatic rings. The van der Waals surface area contributed by atoms with Crippen LogP contribution in [-0.4, -0.2) is 44.7 Å². The number of piperazine rings is 1. The molecule has 0 aromatic rings. The van der Waals surface area contributed by atoms with Crippen molar-refractivity contribution in [2.75, 3.05) is 6.54 Å². The fourth-order valence-corrected chi connectivity index (χ4v) is 1.62. The molecule has 2 atom stereocenters. The zero-order valence-electron chi connectivity index (χ0n) is 8.15. The number of rotatable bonds is 0. The summed E-state index contributed by atoms with van der Waals surface area (Å²) in [6.45, 7) is 8.06. The van der Waals surface area contributed by atoms with Gasteiger partial charge in [-0.05, 0) is 27.7 Å². The first-order valence-electron chi connectivity index (χ1n) is 4.30. The van der Waals surface area contributed by atoms with Gasteiger partial charge in [0.25, 0.3) is 0 Å². The molecule has 1 heterocycles. The van der Waals surface area contributed by atoms with Crippen LogP contribution < -0.4 is 0 Å². The van der Waals surface area contributed by atoms with Crippen LogP contribution in [0.2, 0.25) is 0 Å². The van der Waals surface area contributed by atoms with Gasteiger partial charge in [-0.1, -0.05) is 0 Å². The van der Waals surface area contributed by atoms with Crippen LogP contribution in [-0.2, 0) is 0 Å². The highest BCUT2D eigenvalue weighted by Gasteiger charge is 2.41. The lowest BCUT2D eigenvalue weighted by molar-refractivity contribution is -0.284. The minimum atomic E-state index is -0.374. The van der Waals surface area contributed by atoms with E-state index in [0.29, 0.717) is 6.54 Å². The Morgan fingerprint density at radius 3 is 2.17 bits per heavy atom. The van der Waals surface area contributed by atoms with E-state index in [1.165, 1.54) is 10.1 Å². The van der Waals surface area contributed by atoms with Crippen molar-refractivity contribution in [3.63, 3.8) is 0 Å². The smallest absolute Gasteiger partial charge is 0.0558 e. The lowest BCUT2D eigenvalue weighted by Crippen LogP contribution is -2.64. The van der Waals surface area contributed by atoms with Crippen LogP contribution in [0.5, 0.6) is 0 Å². The van der Waals surface area contributed by atoms with E-state index in [1.54, 1.807) is 0 Å². The van der Waals surface area contributed by atoms with Gasteiger partial charge in [0.05, 0.1) is 11.6 Å². The van der Waals surface area contributed by atoms with Gasteiger partial charge in [0.1, 0.15) is 0 Å². The van der Waals surface area contributed by atoms with Gasteiger partial charge in [0.15, 0.2) is 0 Å². The Morgan fingerprint density at radius 2 is 1.67 bits per heavy atom. The molecule has 0 amide bonds. The molecule has 0 aromatic carbocycles. The first kappa shape index (κ1) is 9.92. The lowest BCUT2D eigenvalue weighted by Gasteiger charge is -2.48. The number of nitrogens with zero attached hydrogens (tertiary/aromatic N) is 2. The third-order valence-electron chi connectivity index (χ3n) is 2.72. The second-order valence-electron chi connectivity index (χ2n) is 4.24.